The summed E-state index contributed by atoms with van der Waals surface area (Å²) in [4.78, 5) is 18.1. The second-order valence-corrected chi connectivity index (χ2v) is 6.91. The molecular weight excluding hydrogens is 330 g/mol. The largest absolute Gasteiger partial charge is 0.497 e. The topological polar surface area (TPSA) is 88.7 Å². The summed E-state index contributed by atoms with van der Waals surface area (Å²) < 4.78 is 5.30. The minimum absolute atomic E-state index is 0.128. The summed E-state index contributed by atoms with van der Waals surface area (Å²) in [5, 5.41) is 10.1. The molecule has 1 aliphatic rings. The third kappa shape index (κ3) is 3.80. The van der Waals surface area contributed by atoms with E-state index in [9.17, 15) is 9.90 Å². The highest BCUT2D eigenvalue weighted by molar-refractivity contribution is 5.97. The third-order valence-corrected chi connectivity index (χ3v) is 5.22. The van der Waals surface area contributed by atoms with Gasteiger partial charge in [-0.2, -0.15) is 0 Å². The summed E-state index contributed by atoms with van der Waals surface area (Å²) in [6, 6.07) is 11.4. The highest BCUT2D eigenvalue weighted by atomic mass is 16.5. The number of pyridine rings is 1. The van der Waals surface area contributed by atoms with Gasteiger partial charge in [0, 0.05) is 31.3 Å². The Balaban J connectivity index is 1.74. The number of aromatic nitrogens is 1. The van der Waals surface area contributed by atoms with Gasteiger partial charge in [-0.25, -0.2) is 4.98 Å². The lowest BCUT2D eigenvalue weighted by atomic mass is 9.74. The number of nitrogens with zero attached hydrogens (tertiary/aromatic N) is 2. The zero-order valence-corrected chi connectivity index (χ0v) is 15.0. The van der Waals surface area contributed by atoms with Crippen molar-refractivity contribution >= 4 is 11.7 Å². The number of aliphatic hydroxyl groups excluding tert-OH is 1. The Labute approximate surface area is 153 Å². The van der Waals surface area contributed by atoms with E-state index in [4.69, 9.17) is 10.5 Å². The molecule has 3 rings (SSSR count). The van der Waals surface area contributed by atoms with Crippen molar-refractivity contribution in [2.24, 2.45) is 11.1 Å². The Morgan fingerprint density at radius 1 is 1.31 bits per heavy atom. The zero-order chi connectivity index (χ0) is 18.6. The molecule has 3 N–H and O–H groups in total. The number of benzene rings is 1. The SMILES string of the molecule is COc1cccc(CC2(CO)CCN(c3ncccc3C(N)=O)CC2)c1. The summed E-state index contributed by atoms with van der Waals surface area (Å²) >= 11 is 0. The van der Waals surface area contributed by atoms with Crippen molar-refractivity contribution in [2.45, 2.75) is 19.3 Å². The standard InChI is InChI=1S/C20H25N3O3/c1-26-16-5-2-4-15(12-16)13-20(14-24)7-10-23(11-8-20)19-17(18(21)25)6-3-9-22-19/h2-6,9,12,24H,7-8,10-11,13-14H2,1H3,(H2,21,25). The van der Waals surface area contributed by atoms with Crippen molar-refractivity contribution in [2.75, 3.05) is 31.7 Å². The van der Waals surface area contributed by atoms with Gasteiger partial charge in [0.25, 0.3) is 5.91 Å². The monoisotopic (exact) mass is 355 g/mol. The Hall–Kier alpha value is -2.60. The second kappa shape index (κ2) is 7.74. The van der Waals surface area contributed by atoms with E-state index in [1.165, 1.54) is 0 Å². The van der Waals surface area contributed by atoms with E-state index >= 15 is 0 Å². The number of ether oxygens (including phenoxy) is 1. The van der Waals surface area contributed by atoms with Crippen LogP contribution in [0.15, 0.2) is 42.6 Å². The number of nitrogens with two attached hydrogens (primary N) is 1. The van der Waals surface area contributed by atoms with Crippen molar-refractivity contribution in [3.05, 3.63) is 53.7 Å². The summed E-state index contributed by atoms with van der Waals surface area (Å²) in [5.74, 6) is 0.990. The zero-order valence-electron chi connectivity index (χ0n) is 15.0. The molecule has 0 atom stereocenters. The van der Waals surface area contributed by atoms with Crippen LogP contribution in [0.25, 0.3) is 0 Å². The number of carbonyl (C=O) groups excluding carboxylic acids is 1. The van der Waals surface area contributed by atoms with E-state index in [0.717, 1.165) is 43.7 Å². The van der Waals surface area contributed by atoms with Crippen LogP contribution in [0.2, 0.25) is 0 Å². The number of hydrogen-bond acceptors (Lipinski definition) is 5. The summed E-state index contributed by atoms with van der Waals surface area (Å²) in [6.45, 7) is 1.58. The van der Waals surface area contributed by atoms with Crippen LogP contribution in [0, 0.1) is 5.41 Å². The molecule has 1 aromatic carbocycles. The number of carbonyl (C=O) groups is 1. The Morgan fingerprint density at radius 2 is 2.08 bits per heavy atom. The van der Waals surface area contributed by atoms with Gasteiger partial charge in [0.2, 0.25) is 0 Å². The first-order chi connectivity index (χ1) is 12.6. The fourth-order valence-corrected chi connectivity index (χ4v) is 3.64. The first-order valence-electron chi connectivity index (χ1n) is 8.80. The van der Waals surface area contributed by atoms with Gasteiger partial charge in [-0.3, -0.25) is 4.79 Å². The number of piperidine rings is 1. The van der Waals surface area contributed by atoms with Gasteiger partial charge in [0.15, 0.2) is 0 Å². The number of aliphatic hydroxyl groups is 1. The Bertz CT molecular complexity index is 770. The van der Waals surface area contributed by atoms with Gasteiger partial charge in [-0.1, -0.05) is 12.1 Å². The van der Waals surface area contributed by atoms with Crippen molar-refractivity contribution in [1.29, 1.82) is 0 Å². The molecule has 0 unspecified atom stereocenters. The minimum atomic E-state index is -0.469. The van der Waals surface area contributed by atoms with Gasteiger partial charge in [0.1, 0.15) is 11.6 Å². The molecule has 0 aliphatic carbocycles. The molecule has 1 aromatic heterocycles. The quantitative estimate of drug-likeness (QED) is 0.827. The van der Waals surface area contributed by atoms with Gasteiger partial charge >= 0.3 is 0 Å². The van der Waals surface area contributed by atoms with E-state index in [1.54, 1.807) is 25.4 Å². The Morgan fingerprint density at radius 3 is 2.73 bits per heavy atom. The summed E-state index contributed by atoms with van der Waals surface area (Å²) in [5.41, 5.74) is 6.89. The number of methoxy groups -OCH3 is 1. The van der Waals surface area contributed by atoms with Crippen molar-refractivity contribution in [3.63, 3.8) is 0 Å². The average molecular weight is 355 g/mol. The molecule has 1 aliphatic heterocycles. The predicted octanol–water partition coefficient (Wildman–Crippen LogP) is 2.01. The molecule has 6 nitrogen and oxygen atoms in total. The Kier molecular flexibility index (Phi) is 5.42. The molecule has 2 heterocycles. The molecule has 6 heteroatoms. The molecule has 2 aromatic rings. The van der Waals surface area contributed by atoms with E-state index in [0.29, 0.717) is 11.4 Å². The van der Waals surface area contributed by atoms with E-state index in [1.807, 2.05) is 18.2 Å². The molecule has 1 saturated heterocycles. The first-order valence-corrected chi connectivity index (χ1v) is 8.80. The number of anilines is 1. The fourth-order valence-electron chi connectivity index (χ4n) is 3.64. The van der Waals surface area contributed by atoms with Crippen molar-refractivity contribution in [3.8, 4) is 5.75 Å². The van der Waals surface area contributed by atoms with Gasteiger partial charge in [-0.05, 0) is 49.1 Å². The van der Waals surface area contributed by atoms with Crippen molar-refractivity contribution in [1.82, 2.24) is 4.98 Å². The molecule has 0 spiro atoms. The van der Waals surface area contributed by atoms with Crippen LogP contribution in [0.4, 0.5) is 5.82 Å². The first kappa shape index (κ1) is 18.2. The number of amides is 1. The van der Waals surface area contributed by atoms with Crippen LogP contribution in [0.1, 0.15) is 28.8 Å². The smallest absolute Gasteiger partial charge is 0.252 e. The van der Waals surface area contributed by atoms with Crippen LogP contribution in [-0.4, -0.2) is 42.8 Å². The van der Waals surface area contributed by atoms with E-state index < -0.39 is 5.91 Å². The van der Waals surface area contributed by atoms with Crippen LogP contribution >= 0.6 is 0 Å². The maximum atomic E-state index is 11.7. The molecule has 1 fully saturated rings. The van der Waals surface area contributed by atoms with Crippen LogP contribution < -0.4 is 15.4 Å². The van der Waals surface area contributed by atoms with Crippen LogP contribution in [0.3, 0.4) is 0 Å². The molecule has 26 heavy (non-hydrogen) atoms. The van der Waals surface area contributed by atoms with Crippen LogP contribution in [-0.2, 0) is 6.42 Å². The normalized spacial score (nSPS) is 16.3. The lowest BCUT2D eigenvalue weighted by Gasteiger charge is -2.41. The average Bonchev–Trinajstić information content (AvgIpc) is 2.68. The highest BCUT2D eigenvalue weighted by Gasteiger charge is 2.35. The number of primary amides is 1. The maximum Gasteiger partial charge on any atom is 0.252 e. The second-order valence-electron chi connectivity index (χ2n) is 6.91. The number of rotatable bonds is 6. The molecule has 1 amide bonds. The van der Waals surface area contributed by atoms with Crippen molar-refractivity contribution < 1.29 is 14.6 Å². The molecule has 138 valence electrons. The van der Waals surface area contributed by atoms with Gasteiger partial charge in [0.05, 0.1) is 12.7 Å². The third-order valence-electron chi connectivity index (χ3n) is 5.22. The molecule has 0 saturated carbocycles. The van der Waals surface area contributed by atoms with Crippen LogP contribution in [0.5, 0.6) is 5.75 Å². The van der Waals surface area contributed by atoms with E-state index in [2.05, 4.69) is 16.0 Å². The predicted molar refractivity (Wildman–Crippen MR) is 100 cm³/mol. The van der Waals surface area contributed by atoms with Gasteiger partial charge < -0.3 is 20.5 Å². The maximum absolute atomic E-state index is 11.7. The highest BCUT2D eigenvalue weighted by Crippen LogP contribution is 2.37. The fraction of sp³-hybridized carbons (Fsp3) is 0.400. The molecule has 0 radical (unpaired) electrons. The van der Waals surface area contributed by atoms with Gasteiger partial charge in [-0.15, -0.1) is 0 Å². The molecular formula is C20H25N3O3. The minimum Gasteiger partial charge on any atom is -0.497 e. The number of hydrogen-bond donors (Lipinski definition) is 2. The summed E-state index contributed by atoms with van der Waals surface area (Å²) in [7, 11) is 1.66. The summed E-state index contributed by atoms with van der Waals surface area (Å²) in [6.07, 6.45) is 4.09. The lowest BCUT2D eigenvalue weighted by Crippen LogP contribution is -2.44. The lowest BCUT2D eigenvalue weighted by molar-refractivity contribution is 0.0954. The van der Waals surface area contributed by atoms with E-state index in [-0.39, 0.29) is 12.0 Å². The molecule has 0 bridgehead atoms.